The van der Waals surface area contributed by atoms with Crippen LogP contribution >= 0.6 is 0 Å². The second-order valence-corrected chi connectivity index (χ2v) is 2.35. The summed E-state index contributed by atoms with van der Waals surface area (Å²) in [6, 6.07) is 0. The highest BCUT2D eigenvalue weighted by molar-refractivity contribution is 4.43. The molecule has 0 bridgehead atoms. The molecule has 1 rings (SSSR count). The Morgan fingerprint density at radius 2 is 1.62 bits per heavy atom. The summed E-state index contributed by atoms with van der Waals surface area (Å²) in [5.74, 6) is 0. The fraction of sp³-hybridized carbons (Fsp3) is 1.00. The van der Waals surface area contributed by atoms with Crippen LogP contribution in [0.3, 0.4) is 0 Å². The van der Waals surface area contributed by atoms with Gasteiger partial charge in [0.2, 0.25) is 0 Å². The van der Waals surface area contributed by atoms with Crippen molar-refractivity contribution in [3.63, 3.8) is 0 Å². The zero-order valence-electron chi connectivity index (χ0n) is 4.84. The smallest absolute Gasteiger partial charge is 0.145 e. The standard InChI is InChI=1S/C5H11NO2/c7-6(8)4-2-1-3-5-6/h7H,1-5H2/q+1. The van der Waals surface area contributed by atoms with Gasteiger partial charge in [-0.25, -0.2) is 0 Å². The van der Waals surface area contributed by atoms with Gasteiger partial charge in [0.05, 0.1) is 5.21 Å². The van der Waals surface area contributed by atoms with Crippen LogP contribution in [0.4, 0.5) is 0 Å². The van der Waals surface area contributed by atoms with Crippen molar-refractivity contribution in [3.8, 4) is 0 Å². The maximum absolute atomic E-state index is 10.6. The molecule has 0 unspecified atom stereocenters. The normalized spacial score (nSPS) is 27.8. The molecule has 1 fully saturated rings. The first-order valence-electron chi connectivity index (χ1n) is 3.02. The van der Waals surface area contributed by atoms with E-state index < -0.39 is 4.81 Å². The predicted molar refractivity (Wildman–Crippen MR) is 26.3 cm³/mol. The molecule has 0 aromatic heterocycles. The van der Waals surface area contributed by atoms with Crippen LogP contribution in [0, 0.1) is 0 Å². The lowest BCUT2D eigenvalue weighted by molar-refractivity contribution is -1.27. The molecule has 1 heterocycles. The summed E-state index contributed by atoms with van der Waals surface area (Å²) in [4.78, 5) is -1.00. The third-order valence-corrected chi connectivity index (χ3v) is 1.52. The summed E-state index contributed by atoms with van der Waals surface area (Å²) in [5, 5.41) is 19.4. The average molecular weight is 117 g/mol. The van der Waals surface area contributed by atoms with E-state index in [1.54, 1.807) is 0 Å². The fourth-order valence-electron chi connectivity index (χ4n) is 1.01. The topological polar surface area (TPSA) is 40.1 Å². The van der Waals surface area contributed by atoms with E-state index in [0.29, 0.717) is 13.1 Å². The van der Waals surface area contributed by atoms with Crippen LogP contribution in [0.2, 0.25) is 0 Å². The third kappa shape index (κ3) is 1.43. The Morgan fingerprint density at radius 3 is 1.88 bits per heavy atom. The van der Waals surface area contributed by atoms with Gasteiger partial charge >= 0.3 is 0 Å². The van der Waals surface area contributed by atoms with Crippen LogP contribution in [0.15, 0.2) is 0 Å². The predicted octanol–water partition coefficient (Wildman–Crippen LogP) is 0.722. The van der Waals surface area contributed by atoms with Crippen molar-refractivity contribution in [2.24, 2.45) is 0 Å². The van der Waals surface area contributed by atoms with E-state index in [2.05, 4.69) is 0 Å². The van der Waals surface area contributed by atoms with Crippen molar-refractivity contribution in [1.29, 1.82) is 0 Å². The first kappa shape index (κ1) is 6.01. The Labute approximate surface area is 48.7 Å². The number of quaternary nitrogens is 1. The van der Waals surface area contributed by atoms with Crippen molar-refractivity contribution >= 4 is 0 Å². The molecule has 47 valence electrons. The zero-order chi connectivity index (χ0) is 6.04. The van der Waals surface area contributed by atoms with Gasteiger partial charge < -0.3 is 0 Å². The molecule has 3 heteroatoms. The summed E-state index contributed by atoms with van der Waals surface area (Å²) in [7, 11) is 0. The second kappa shape index (κ2) is 2.01. The zero-order valence-corrected chi connectivity index (χ0v) is 4.84. The van der Waals surface area contributed by atoms with Gasteiger partial charge in [-0.05, 0) is 11.2 Å². The van der Waals surface area contributed by atoms with Gasteiger partial charge in [-0.1, -0.05) is 0 Å². The van der Waals surface area contributed by atoms with Crippen molar-refractivity contribution in [2.75, 3.05) is 13.1 Å². The second-order valence-electron chi connectivity index (χ2n) is 2.35. The minimum absolute atomic E-state index is 0.389. The van der Waals surface area contributed by atoms with Gasteiger partial charge in [0.15, 0.2) is 0 Å². The number of nitrogens with zero attached hydrogens (tertiary/aromatic N) is 1. The number of hydroxylamine groups is 4. The van der Waals surface area contributed by atoms with Gasteiger partial charge in [0.25, 0.3) is 0 Å². The van der Waals surface area contributed by atoms with Crippen molar-refractivity contribution in [1.82, 2.24) is 0 Å². The quantitative estimate of drug-likeness (QED) is 0.466. The lowest BCUT2D eigenvalue weighted by Crippen LogP contribution is -2.43. The first-order valence-corrected chi connectivity index (χ1v) is 3.02. The van der Waals surface area contributed by atoms with Crippen LogP contribution < -0.4 is 0 Å². The van der Waals surface area contributed by atoms with E-state index in [-0.39, 0.29) is 0 Å². The van der Waals surface area contributed by atoms with Crippen molar-refractivity contribution < 1.29 is 15.2 Å². The molecule has 0 aromatic carbocycles. The highest BCUT2D eigenvalue weighted by Gasteiger charge is 2.27. The monoisotopic (exact) mass is 117 g/mol. The lowest BCUT2D eigenvalue weighted by atomic mass is 10.2. The average Bonchev–Trinajstić information content (AvgIpc) is 1.65. The molecule has 0 atom stereocenters. The first-order chi connectivity index (χ1) is 3.71. The molecule has 1 radical (unpaired) electrons. The van der Waals surface area contributed by atoms with E-state index >= 15 is 0 Å². The largest absolute Gasteiger partial charge is 0.179 e. The molecule has 0 aromatic rings. The Balaban J connectivity index is 2.33. The summed E-state index contributed by atoms with van der Waals surface area (Å²) in [6.45, 7) is 0.778. The van der Waals surface area contributed by atoms with E-state index in [4.69, 9.17) is 5.21 Å². The molecule has 0 spiro atoms. The minimum Gasteiger partial charge on any atom is -0.179 e. The number of rotatable bonds is 0. The van der Waals surface area contributed by atoms with Gasteiger partial charge in [-0.2, -0.15) is 5.21 Å². The molecule has 3 nitrogen and oxygen atoms in total. The van der Waals surface area contributed by atoms with Crippen LogP contribution in [-0.4, -0.2) is 23.1 Å². The maximum atomic E-state index is 10.6. The molecular weight excluding hydrogens is 106 g/mol. The van der Waals surface area contributed by atoms with Crippen LogP contribution in [-0.2, 0) is 5.21 Å². The van der Waals surface area contributed by atoms with Crippen molar-refractivity contribution in [3.05, 3.63) is 0 Å². The highest BCUT2D eigenvalue weighted by Crippen LogP contribution is 2.12. The van der Waals surface area contributed by atoms with Gasteiger partial charge in [-0.15, -0.1) is 0 Å². The molecule has 1 aliphatic rings. The fourth-order valence-corrected chi connectivity index (χ4v) is 1.01. The summed E-state index contributed by atoms with van der Waals surface area (Å²) in [5.41, 5.74) is 0. The molecule has 1 N–H and O–H groups in total. The van der Waals surface area contributed by atoms with E-state index in [9.17, 15) is 5.21 Å². The molecule has 1 saturated heterocycles. The van der Waals surface area contributed by atoms with Crippen LogP contribution in [0.1, 0.15) is 19.3 Å². The summed E-state index contributed by atoms with van der Waals surface area (Å²) in [6.07, 6.45) is 2.85. The molecule has 0 saturated carbocycles. The highest BCUT2D eigenvalue weighted by atomic mass is 16.8. The third-order valence-electron chi connectivity index (χ3n) is 1.52. The minimum atomic E-state index is -1.00. The van der Waals surface area contributed by atoms with E-state index in [1.807, 2.05) is 0 Å². The van der Waals surface area contributed by atoms with Crippen LogP contribution in [0.5, 0.6) is 0 Å². The molecule has 0 aliphatic carbocycles. The lowest BCUT2D eigenvalue weighted by Gasteiger charge is -2.21. The van der Waals surface area contributed by atoms with Gasteiger partial charge in [0.1, 0.15) is 13.1 Å². The molecule has 8 heavy (non-hydrogen) atoms. The molecule has 0 amide bonds. The summed E-state index contributed by atoms with van der Waals surface area (Å²) >= 11 is 0. The summed E-state index contributed by atoms with van der Waals surface area (Å²) < 4.78 is 0. The van der Waals surface area contributed by atoms with E-state index in [1.165, 1.54) is 0 Å². The molecular formula is C5H11NO2+. The maximum Gasteiger partial charge on any atom is 0.145 e. The van der Waals surface area contributed by atoms with Crippen LogP contribution in [0.25, 0.3) is 0 Å². The van der Waals surface area contributed by atoms with Gasteiger partial charge in [-0.3, -0.25) is 0 Å². The number of hydrogen-bond donors (Lipinski definition) is 1. The van der Waals surface area contributed by atoms with Crippen molar-refractivity contribution in [2.45, 2.75) is 19.3 Å². The Morgan fingerprint density at radius 1 is 1.12 bits per heavy atom. The van der Waals surface area contributed by atoms with Gasteiger partial charge in [0, 0.05) is 12.8 Å². The van der Waals surface area contributed by atoms with E-state index in [0.717, 1.165) is 19.3 Å². The Hall–Kier alpha value is -0.120. The Bertz CT molecular complexity index is 74.5. The number of hydrogen-bond acceptors (Lipinski definition) is 1. The number of piperidine rings is 1. The molecule has 1 aliphatic heterocycles. The Kier molecular flexibility index (Phi) is 1.51. The SMILES string of the molecule is [O][N+]1(O)CCCCC1.